The van der Waals surface area contributed by atoms with E-state index >= 15 is 0 Å². The molecule has 0 aliphatic heterocycles. The van der Waals surface area contributed by atoms with E-state index in [1.807, 2.05) is 25.1 Å². The molecule has 18 heavy (non-hydrogen) atoms. The number of halogens is 1. The third kappa shape index (κ3) is 2.15. The van der Waals surface area contributed by atoms with Crippen LogP contribution in [0.4, 0.5) is 0 Å². The van der Waals surface area contributed by atoms with Crippen LogP contribution < -0.4 is 5.56 Å². The van der Waals surface area contributed by atoms with Gasteiger partial charge >= 0.3 is 0 Å². The van der Waals surface area contributed by atoms with Crippen LogP contribution >= 0.6 is 11.6 Å². The van der Waals surface area contributed by atoms with E-state index in [1.165, 1.54) is 0 Å². The van der Waals surface area contributed by atoms with E-state index in [4.69, 9.17) is 16.9 Å². The molecule has 0 unspecified atom stereocenters. The smallest absolute Gasteiger partial charge is 0.266 e. The van der Waals surface area contributed by atoms with Gasteiger partial charge in [0, 0.05) is 10.7 Å². The highest BCUT2D eigenvalue weighted by Crippen LogP contribution is 2.23. The van der Waals surface area contributed by atoms with Crippen molar-refractivity contribution in [2.24, 2.45) is 0 Å². The van der Waals surface area contributed by atoms with E-state index < -0.39 is 0 Å². The van der Waals surface area contributed by atoms with Crippen LogP contribution in [0.15, 0.2) is 29.1 Å². The first-order valence-corrected chi connectivity index (χ1v) is 5.81. The van der Waals surface area contributed by atoms with E-state index in [0.717, 1.165) is 11.1 Å². The van der Waals surface area contributed by atoms with Crippen molar-refractivity contribution in [3.8, 4) is 17.3 Å². The highest BCUT2D eigenvalue weighted by molar-refractivity contribution is 6.31. The van der Waals surface area contributed by atoms with Crippen molar-refractivity contribution in [2.75, 3.05) is 0 Å². The monoisotopic (exact) mass is 258 g/mol. The molecule has 1 heterocycles. The molecular formula is C14H11ClN2O. The van der Waals surface area contributed by atoms with Gasteiger partial charge in [0.25, 0.3) is 5.56 Å². The number of hydrogen-bond donors (Lipinski definition) is 1. The molecule has 1 aromatic heterocycles. The third-order valence-corrected chi connectivity index (χ3v) is 3.24. The lowest BCUT2D eigenvalue weighted by Gasteiger charge is -2.06. The summed E-state index contributed by atoms with van der Waals surface area (Å²) in [6.45, 7) is 3.65. The molecule has 1 N–H and O–H groups in total. The molecule has 0 amide bonds. The summed E-state index contributed by atoms with van der Waals surface area (Å²) in [5.74, 6) is 0. The number of aromatic amines is 1. The molecule has 0 atom stereocenters. The summed E-state index contributed by atoms with van der Waals surface area (Å²) in [6.07, 6.45) is 0. The number of nitrogens with zero attached hydrogens (tertiary/aromatic N) is 1. The maximum atomic E-state index is 11.7. The number of benzene rings is 1. The van der Waals surface area contributed by atoms with Crippen molar-refractivity contribution in [3.05, 3.63) is 56.3 Å². The molecule has 2 rings (SSSR count). The Kier molecular flexibility index (Phi) is 3.22. The summed E-state index contributed by atoms with van der Waals surface area (Å²) in [7, 11) is 0. The first-order valence-electron chi connectivity index (χ1n) is 5.43. The molecule has 2 aromatic rings. The standard InChI is InChI=1S/C14H11ClN2O/c1-8-6-13(17-14(18)11(8)7-16)10-3-4-12(15)9(2)5-10/h3-6H,1-2H3,(H,17,18). The molecule has 0 saturated heterocycles. The summed E-state index contributed by atoms with van der Waals surface area (Å²) in [5.41, 5.74) is 2.98. The molecular weight excluding hydrogens is 248 g/mol. The number of aryl methyl sites for hydroxylation is 2. The van der Waals surface area contributed by atoms with Gasteiger partial charge in [0.1, 0.15) is 11.6 Å². The summed E-state index contributed by atoms with van der Waals surface area (Å²) in [6, 6.07) is 9.22. The summed E-state index contributed by atoms with van der Waals surface area (Å²) in [4.78, 5) is 14.4. The Morgan fingerprint density at radius 1 is 1.22 bits per heavy atom. The van der Waals surface area contributed by atoms with Crippen molar-refractivity contribution in [1.82, 2.24) is 4.98 Å². The van der Waals surface area contributed by atoms with Gasteiger partial charge in [-0.3, -0.25) is 4.79 Å². The van der Waals surface area contributed by atoms with E-state index in [9.17, 15) is 4.79 Å². The Hall–Kier alpha value is -2.05. The molecule has 0 fully saturated rings. The number of aromatic nitrogens is 1. The number of hydrogen-bond acceptors (Lipinski definition) is 2. The lowest BCUT2D eigenvalue weighted by molar-refractivity contribution is 1.18. The van der Waals surface area contributed by atoms with Crippen LogP contribution in [0.3, 0.4) is 0 Å². The van der Waals surface area contributed by atoms with Gasteiger partial charge in [-0.2, -0.15) is 5.26 Å². The SMILES string of the molecule is Cc1cc(-c2cc(C)c(C#N)c(=O)[nH]2)ccc1Cl. The number of rotatable bonds is 1. The zero-order valence-corrected chi connectivity index (χ0v) is 10.8. The lowest BCUT2D eigenvalue weighted by Crippen LogP contribution is -2.12. The maximum Gasteiger partial charge on any atom is 0.266 e. The Morgan fingerprint density at radius 2 is 1.94 bits per heavy atom. The van der Waals surface area contributed by atoms with Gasteiger partial charge in [-0.05, 0) is 48.7 Å². The van der Waals surface area contributed by atoms with Crippen LogP contribution in [0.2, 0.25) is 5.02 Å². The summed E-state index contributed by atoms with van der Waals surface area (Å²) >= 11 is 5.96. The van der Waals surface area contributed by atoms with Crippen LogP contribution in [0, 0.1) is 25.2 Å². The van der Waals surface area contributed by atoms with Gasteiger partial charge in [-0.15, -0.1) is 0 Å². The molecule has 0 aliphatic carbocycles. The van der Waals surface area contributed by atoms with Crippen LogP contribution in [0.5, 0.6) is 0 Å². The van der Waals surface area contributed by atoms with Crippen molar-refractivity contribution in [3.63, 3.8) is 0 Å². The molecule has 90 valence electrons. The first kappa shape index (κ1) is 12.4. The molecule has 1 aromatic carbocycles. The number of pyridine rings is 1. The fourth-order valence-corrected chi connectivity index (χ4v) is 1.91. The predicted molar refractivity (Wildman–Crippen MR) is 71.7 cm³/mol. The van der Waals surface area contributed by atoms with Crippen LogP contribution in [0.25, 0.3) is 11.3 Å². The number of nitriles is 1. The molecule has 4 heteroatoms. The lowest BCUT2D eigenvalue weighted by atomic mass is 10.0. The van der Waals surface area contributed by atoms with E-state index in [0.29, 0.717) is 16.3 Å². The van der Waals surface area contributed by atoms with Crippen molar-refractivity contribution in [1.29, 1.82) is 5.26 Å². The highest BCUT2D eigenvalue weighted by atomic mass is 35.5. The van der Waals surface area contributed by atoms with Gasteiger partial charge in [0.05, 0.1) is 0 Å². The van der Waals surface area contributed by atoms with E-state index in [-0.39, 0.29) is 11.1 Å². The minimum Gasteiger partial charge on any atom is -0.321 e. The second-order valence-electron chi connectivity index (χ2n) is 4.15. The van der Waals surface area contributed by atoms with Crippen molar-refractivity contribution >= 4 is 11.6 Å². The topological polar surface area (TPSA) is 56.6 Å². The average Bonchev–Trinajstić information content (AvgIpc) is 2.32. The zero-order chi connectivity index (χ0) is 13.3. The van der Waals surface area contributed by atoms with Crippen LogP contribution in [-0.4, -0.2) is 4.98 Å². The van der Waals surface area contributed by atoms with E-state index in [2.05, 4.69) is 4.98 Å². The fourth-order valence-electron chi connectivity index (χ4n) is 1.80. The van der Waals surface area contributed by atoms with Crippen LogP contribution in [-0.2, 0) is 0 Å². The van der Waals surface area contributed by atoms with Gasteiger partial charge in [-0.25, -0.2) is 0 Å². The average molecular weight is 259 g/mol. The number of H-pyrrole nitrogens is 1. The molecule has 3 nitrogen and oxygen atoms in total. The molecule has 0 aliphatic rings. The summed E-state index contributed by atoms with van der Waals surface area (Å²) < 4.78 is 0. The Labute approximate surface area is 110 Å². The molecule has 0 bridgehead atoms. The van der Waals surface area contributed by atoms with Gasteiger partial charge in [0.2, 0.25) is 0 Å². The Morgan fingerprint density at radius 3 is 2.50 bits per heavy atom. The summed E-state index contributed by atoms with van der Waals surface area (Å²) in [5, 5.41) is 9.54. The second kappa shape index (κ2) is 4.67. The van der Waals surface area contributed by atoms with E-state index in [1.54, 1.807) is 19.1 Å². The normalized spacial score (nSPS) is 10.1. The van der Waals surface area contributed by atoms with Crippen LogP contribution in [0.1, 0.15) is 16.7 Å². The first-order chi connectivity index (χ1) is 8.52. The highest BCUT2D eigenvalue weighted by Gasteiger charge is 2.07. The van der Waals surface area contributed by atoms with Crippen molar-refractivity contribution < 1.29 is 0 Å². The van der Waals surface area contributed by atoms with Crippen molar-refractivity contribution in [2.45, 2.75) is 13.8 Å². The maximum absolute atomic E-state index is 11.7. The minimum absolute atomic E-state index is 0.157. The fraction of sp³-hybridized carbons (Fsp3) is 0.143. The second-order valence-corrected chi connectivity index (χ2v) is 4.55. The largest absolute Gasteiger partial charge is 0.321 e. The molecule has 0 spiro atoms. The molecule has 0 radical (unpaired) electrons. The third-order valence-electron chi connectivity index (χ3n) is 2.81. The van der Waals surface area contributed by atoms with Gasteiger partial charge < -0.3 is 4.98 Å². The quantitative estimate of drug-likeness (QED) is 0.854. The zero-order valence-electron chi connectivity index (χ0n) is 10.0. The Balaban J connectivity index is 2.63. The number of nitrogens with one attached hydrogen (secondary N) is 1. The molecule has 0 saturated carbocycles. The van der Waals surface area contributed by atoms with Gasteiger partial charge in [0.15, 0.2) is 0 Å². The minimum atomic E-state index is -0.361. The Bertz CT molecular complexity index is 711. The predicted octanol–water partition coefficient (Wildman–Crippen LogP) is 3.18. The van der Waals surface area contributed by atoms with Gasteiger partial charge in [-0.1, -0.05) is 17.7 Å².